The molecule has 0 amide bonds. The van der Waals surface area contributed by atoms with Crippen LogP contribution in [0.4, 0.5) is 0 Å². The van der Waals surface area contributed by atoms with Gasteiger partial charge in [-0.25, -0.2) is 0 Å². The molecule has 1 heterocycles. The van der Waals surface area contributed by atoms with Crippen molar-refractivity contribution in [2.75, 3.05) is 6.16 Å². The Morgan fingerprint density at radius 1 is 1.00 bits per heavy atom. The van der Waals surface area contributed by atoms with Crippen molar-refractivity contribution in [3.63, 3.8) is 0 Å². The van der Waals surface area contributed by atoms with Crippen molar-refractivity contribution in [2.45, 2.75) is 89.6 Å². The van der Waals surface area contributed by atoms with Crippen molar-refractivity contribution >= 4 is 7.60 Å². The highest BCUT2D eigenvalue weighted by Gasteiger charge is 2.26. The molecule has 2 atom stereocenters. The Morgan fingerprint density at radius 2 is 1.65 bits per heavy atom. The molecule has 0 radical (unpaired) electrons. The Bertz CT molecular complexity index is 555. The van der Waals surface area contributed by atoms with Gasteiger partial charge in [0.2, 0.25) is 0 Å². The van der Waals surface area contributed by atoms with Crippen LogP contribution >= 0.6 is 7.60 Å². The average Bonchev–Trinajstić information content (AvgIpc) is 3.08. The molecular weight excluding hydrogens is 345 g/mol. The van der Waals surface area contributed by atoms with Crippen LogP contribution in [0, 0.1) is 0 Å². The quantitative estimate of drug-likeness (QED) is 0.338. The highest BCUT2D eigenvalue weighted by molar-refractivity contribution is 7.51. The van der Waals surface area contributed by atoms with Gasteiger partial charge >= 0.3 is 7.60 Å². The Labute approximate surface area is 159 Å². The topological polar surface area (TPSA) is 69.6 Å². The van der Waals surface area contributed by atoms with E-state index in [1.165, 1.54) is 56.1 Å². The molecule has 1 aliphatic rings. The van der Waals surface area contributed by atoms with Gasteiger partial charge in [0.25, 0.3) is 0 Å². The van der Waals surface area contributed by atoms with Gasteiger partial charge in [0, 0.05) is 12.1 Å². The number of unbranched alkanes of at least 4 members (excludes halogenated alkanes) is 6. The first-order chi connectivity index (χ1) is 12.5. The summed E-state index contributed by atoms with van der Waals surface area (Å²) in [5.41, 5.74) is 2.71. The van der Waals surface area contributed by atoms with E-state index in [2.05, 4.69) is 36.5 Å². The van der Waals surface area contributed by atoms with E-state index in [0.29, 0.717) is 12.5 Å². The summed E-state index contributed by atoms with van der Waals surface area (Å²) in [6.07, 6.45) is 13.1. The molecule has 1 saturated heterocycles. The second kappa shape index (κ2) is 11.2. The molecule has 4 nitrogen and oxygen atoms in total. The minimum atomic E-state index is -3.88. The van der Waals surface area contributed by atoms with Gasteiger partial charge in [0.05, 0.1) is 6.16 Å². The van der Waals surface area contributed by atoms with E-state index in [4.69, 9.17) is 9.79 Å². The van der Waals surface area contributed by atoms with E-state index in [1.807, 2.05) is 0 Å². The number of nitrogens with one attached hydrogen (secondary N) is 1. The zero-order chi connectivity index (χ0) is 18.8. The standard InChI is InChI=1S/C21H36NO3P/c1-2-3-4-5-6-7-8-9-18-10-12-19(13-11-18)21-15-14-20(22-21)16-17-26(23,24)25/h10-13,20-22H,2-9,14-17H2,1H3,(H2,23,24,25)/t20-,21-/m1/s1. The Morgan fingerprint density at radius 3 is 2.31 bits per heavy atom. The van der Waals surface area contributed by atoms with Crippen LogP contribution in [0.3, 0.4) is 0 Å². The summed E-state index contributed by atoms with van der Waals surface area (Å²) in [5.74, 6) is 0. The molecule has 0 aliphatic carbocycles. The van der Waals surface area contributed by atoms with Gasteiger partial charge in [-0.1, -0.05) is 69.7 Å². The van der Waals surface area contributed by atoms with Crippen molar-refractivity contribution < 1.29 is 14.4 Å². The molecule has 2 rings (SSSR count). The number of benzene rings is 1. The van der Waals surface area contributed by atoms with E-state index in [-0.39, 0.29) is 12.2 Å². The number of hydrogen-bond acceptors (Lipinski definition) is 2. The zero-order valence-electron chi connectivity index (χ0n) is 16.2. The SMILES string of the molecule is CCCCCCCCCc1ccc([C@H]2CC[C@H](CCP(=O)(O)O)N2)cc1. The first kappa shape index (κ1) is 21.6. The highest BCUT2D eigenvalue weighted by Crippen LogP contribution is 2.37. The average molecular weight is 381 g/mol. The third-order valence-electron chi connectivity index (χ3n) is 5.46. The molecule has 0 spiro atoms. The van der Waals surface area contributed by atoms with Gasteiger partial charge in [0.15, 0.2) is 0 Å². The molecule has 148 valence electrons. The molecule has 3 N–H and O–H groups in total. The van der Waals surface area contributed by atoms with Gasteiger partial charge in [-0.3, -0.25) is 4.57 Å². The Kier molecular flexibility index (Phi) is 9.35. The summed E-state index contributed by atoms with van der Waals surface area (Å²) < 4.78 is 11.0. The summed E-state index contributed by atoms with van der Waals surface area (Å²) >= 11 is 0. The van der Waals surface area contributed by atoms with Crippen LogP contribution in [-0.2, 0) is 11.0 Å². The molecule has 1 fully saturated rings. The lowest BCUT2D eigenvalue weighted by Crippen LogP contribution is -2.25. The third kappa shape index (κ3) is 8.35. The number of aryl methyl sites for hydroxylation is 1. The molecular formula is C21H36NO3P. The lowest BCUT2D eigenvalue weighted by Gasteiger charge is -2.15. The minimum Gasteiger partial charge on any atom is -0.324 e. The summed E-state index contributed by atoms with van der Waals surface area (Å²) in [6, 6.07) is 9.48. The zero-order valence-corrected chi connectivity index (χ0v) is 17.1. The highest BCUT2D eigenvalue weighted by atomic mass is 31.2. The fourth-order valence-electron chi connectivity index (χ4n) is 3.84. The molecule has 1 aromatic carbocycles. The van der Waals surface area contributed by atoms with E-state index < -0.39 is 7.60 Å². The van der Waals surface area contributed by atoms with E-state index in [1.54, 1.807) is 0 Å². The maximum absolute atomic E-state index is 11.0. The van der Waals surface area contributed by atoms with Crippen LogP contribution in [0.2, 0.25) is 0 Å². The van der Waals surface area contributed by atoms with Crippen LogP contribution in [0.5, 0.6) is 0 Å². The maximum Gasteiger partial charge on any atom is 0.325 e. The predicted octanol–water partition coefficient (Wildman–Crippen LogP) is 5.34. The summed E-state index contributed by atoms with van der Waals surface area (Å²) in [5, 5.41) is 3.53. The molecule has 0 bridgehead atoms. The fourth-order valence-corrected chi connectivity index (χ4v) is 4.48. The predicted molar refractivity (Wildman–Crippen MR) is 109 cm³/mol. The van der Waals surface area contributed by atoms with Crippen molar-refractivity contribution in [1.29, 1.82) is 0 Å². The largest absolute Gasteiger partial charge is 0.325 e. The number of hydrogen-bond donors (Lipinski definition) is 3. The van der Waals surface area contributed by atoms with Crippen LogP contribution in [0.1, 0.15) is 88.3 Å². The minimum absolute atomic E-state index is 0.0191. The number of rotatable bonds is 12. The maximum atomic E-state index is 11.0. The Hall–Kier alpha value is -0.670. The molecule has 0 saturated carbocycles. The molecule has 1 aliphatic heterocycles. The lowest BCUT2D eigenvalue weighted by atomic mass is 10.0. The van der Waals surface area contributed by atoms with Crippen molar-refractivity contribution in [1.82, 2.24) is 5.32 Å². The van der Waals surface area contributed by atoms with E-state index in [9.17, 15) is 4.57 Å². The van der Waals surface area contributed by atoms with Gasteiger partial charge < -0.3 is 15.1 Å². The molecule has 0 aromatic heterocycles. The van der Waals surface area contributed by atoms with Gasteiger partial charge in [-0.15, -0.1) is 0 Å². The van der Waals surface area contributed by atoms with Gasteiger partial charge in [-0.05, 0) is 43.2 Å². The van der Waals surface area contributed by atoms with Crippen molar-refractivity contribution in [3.8, 4) is 0 Å². The van der Waals surface area contributed by atoms with E-state index >= 15 is 0 Å². The van der Waals surface area contributed by atoms with Crippen LogP contribution in [-0.4, -0.2) is 22.0 Å². The second-order valence-corrected chi connectivity index (χ2v) is 9.56. The smallest absolute Gasteiger partial charge is 0.324 e. The lowest BCUT2D eigenvalue weighted by molar-refractivity contribution is 0.367. The monoisotopic (exact) mass is 381 g/mol. The summed E-state index contributed by atoms with van der Waals surface area (Å²) in [6.45, 7) is 2.26. The normalized spacial score (nSPS) is 20.6. The van der Waals surface area contributed by atoms with Crippen LogP contribution < -0.4 is 5.32 Å². The Balaban J connectivity index is 1.66. The molecule has 1 aromatic rings. The summed E-state index contributed by atoms with van der Waals surface area (Å²) in [7, 11) is -3.88. The van der Waals surface area contributed by atoms with Crippen molar-refractivity contribution in [2.24, 2.45) is 0 Å². The first-order valence-electron chi connectivity index (χ1n) is 10.4. The van der Waals surface area contributed by atoms with Crippen LogP contribution in [0.25, 0.3) is 0 Å². The van der Waals surface area contributed by atoms with Crippen LogP contribution in [0.15, 0.2) is 24.3 Å². The molecule has 26 heavy (non-hydrogen) atoms. The van der Waals surface area contributed by atoms with Crippen molar-refractivity contribution in [3.05, 3.63) is 35.4 Å². The van der Waals surface area contributed by atoms with Gasteiger partial charge in [0.1, 0.15) is 0 Å². The second-order valence-electron chi connectivity index (χ2n) is 7.78. The molecule has 5 heteroatoms. The summed E-state index contributed by atoms with van der Waals surface area (Å²) in [4.78, 5) is 18.0. The fraction of sp³-hybridized carbons (Fsp3) is 0.714. The third-order valence-corrected chi connectivity index (χ3v) is 6.30. The molecule has 0 unspecified atom stereocenters. The first-order valence-corrected chi connectivity index (χ1v) is 12.2. The van der Waals surface area contributed by atoms with Gasteiger partial charge in [-0.2, -0.15) is 0 Å². The van der Waals surface area contributed by atoms with E-state index in [0.717, 1.165) is 19.3 Å².